The number of β-amino-alcohol motifs (C(OH)–C–C–N with tert-alkyl or cyclic N) is 1. The zero-order valence-electron chi connectivity index (χ0n) is 22.9. The maximum atomic E-state index is 14.1. The number of hydrogen-bond donors (Lipinski definition) is 1. The van der Waals surface area contributed by atoms with Crippen molar-refractivity contribution < 1.29 is 19.5 Å². The van der Waals surface area contributed by atoms with E-state index in [1.165, 1.54) is 4.90 Å². The number of rotatable bonds is 7. The number of carbonyl (C=O) groups excluding carboxylic acids is 3. The third-order valence-electron chi connectivity index (χ3n) is 7.77. The Balaban J connectivity index is 1.30. The molecule has 0 radical (unpaired) electrons. The highest BCUT2D eigenvalue weighted by molar-refractivity contribution is 7.13. The van der Waals surface area contributed by atoms with Gasteiger partial charge >= 0.3 is 0 Å². The predicted molar refractivity (Wildman–Crippen MR) is 151 cm³/mol. The first-order valence-corrected chi connectivity index (χ1v) is 14.3. The molecule has 204 valence electrons. The van der Waals surface area contributed by atoms with E-state index in [1.54, 1.807) is 22.3 Å². The van der Waals surface area contributed by atoms with Gasteiger partial charge in [-0.2, -0.15) is 0 Å². The first-order valence-electron chi connectivity index (χ1n) is 13.4. The van der Waals surface area contributed by atoms with Crippen LogP contribution in [0.4, 0.5) is 0 Å². The van der Waals surface area contributed by atoms with E-state index in [9.17, 15) is 19.5 Å². The Hall–Kier alpha value is -3.36. The molecule has 8 heteroatoms. The van der Waals surface area contributed by atoms with E-state index < -0.39 is 23.6 Å². The molecular weight excluding hydrogens is 510 g/mol. The summed E-state index contributed by atoms with van der Waals surface area (Å²) in [6.07, 6.45) is 0.280. The zero-order chi connectivity index (χ0) is 27.9. The molecule has 0 aliphatic carbocycles. The van der Waals surface area contributed by atoms with Gasteiger partial charge in [0.05, 0.1) is 28.2 Å². The summed E-state index contributed by atoms with van der Waals surface area (Å²) in [4.78, 5) is 49.4. The molecule has 2 aliphatic rings. The van der Waals surface area contributed by atoms with E-state index in [0.717, 1.165) is 27.3 Å². The average Bonchev–Trinajstić information content (AvgIpc) is 3.59. The molecule has 3 heterocycles. The van der Waals surface area contributed by atoms with E-state index in [-0.39, 0.29) is 37.0 Å². The standard InChI is InChI=1S/C31H35N3O4S/c1-19-27(39-18-32-19)21-12-9-20(10-13-21)11-14-26(36)25-15-23(35)17-33(25)30(38)28(31(2,3)4)34-16-22-7-5-6-8-24(22)29(34)37/h5-10,12-13,18,23,25,28,35H,11,14-17H2,1-4H3/t23-,25+,28-/m1/s1. The fourth-order valence-electron chi connectivity index (χ4n) is 5.81. The van der Waals surface area contributed by atoms with Crippen LogP contribution >= 0.6 is 11.3 Å². The summed E-state index contributed by atoms with van der Waals surface area (Å²) in [5.41, 5.74) is 5.93. The number of aliphatic hydroxyl groups excluding tert-OH is 1. The minimum atomic E-state index is -0.767. The number of fused-ring (bicyclic) bond motifs is 1. The summed E-state index contributed by atoms with van der Waals surface area (Å²) in [7, 11) is 0. The number of carbonyl (C=O) groups is 3. The van der Waals surface area contributed by atoms with Gasteiger partial charge in [0.1, 0.15) is 6.04 Å². The van der Waals surface area contributed by atoms with Crippen LogP contribution in [0.5, 0.6) is 0 Å². The SMILES string of the molecule is Cc1ncsc1-c1ccc(CCC(=O)[C@@H]2C[C@@H](O)CN2C(=O)[C@@H](N2Cc3ccccc3C2=O)C(C)(C)C)cc1. The molecule has 1 fully saturated rings. The number of benzene rings is 2. The molecule has 2 aliphatic heterocycles. The molecule has 2 aromatic carbocycles. The highest BCUT2D eigenvalue weighted by Gasteiger charge is 2.48. The van der Waals surface area contributed by atoms with Crippen LogP contribution in [0.25, 0.3) is 10.4 Å². The van der Waals surface area contributed by atoms with Crippen molar-refractivity contribution in [1.82, 2.24) is 14.8 Å². The van der Waals surface area contributed by atoms with E-state index in [4.69, 9.17) is 0 Å². The fraction of sp³-hybridized carbons (Fsp3) is 0.419. The number of aliphatic hydroxyl groups is 1. The van der Waals surface area contributed by atoms with Crippen LogP contribution in [0.1, 0.15) is 60.8 Å². The summed E-state index contributed by atoms with van der Waals surface area (Å²) in [6.45, 7) is 8.25. The lowest BCUT2D eigenvalue weighted by molar-refractivity contribution is -0.144. The average molecular weight is 546 g/mol. The van der Waals surface area contributed by atoms with Crippen molar-refractivity contribution in [3.63, 3.8) is 0 Å². The van der Waals surface area contributed by atoms with Gasteiger partial charge < -0.3 is 14.9 Å². The molecule has 5 rings (SSSR count). The van der Waals surface area contributed by atoms with Crippen LogP contribution in [0.15, 0.2) is 54.0 Å². The molecule has 3 atom stereocenters. The number of amides is 2. The zero-order valence-corrected chi connectivity index (χ0v) is 23.7. The molecular formula is C31H35N3O4S. The minimum Gasteiger partial charge on any atom is -0.391 e. The summed E-state index contributed by atoms with van der Waals surface area (Å²) in [5.74, 6) is -0.507. The third kappa shape index (κ3) is 5.40. The van der Waals surface area contributed by atoms with Crippen LogP contribution in [-0.4, -0.2) is 62.2 Å². The molecule has 0 spiro atoms. The van der Waals surface area contributed by atoms with Gasteiger partial charge in [-0.3, -0.25) is 14.4 Å². The topological polar surface area (TPSA) is 90.8 Å². The van der Waals surface area contributed by atoms with Crippen molar-refractivity contribution >= 4 is 28.9 Å². The number of Topliss-reactive ketones (excluding diaryl/α,β-unsaturated/α-hetero) is 1. The smallest absolute Gasteiger partial charge is 0.255 e. The summed E-state index contributed by atoms with van der Waals surface area (Å²) in [6, 6.07) is 14.1. The van der Waals surface area contributed by atoms with E-state index in [0.29, 0.717) is 18.5 Å². The highest BCUT2D eigenvalue weighted by Crippen LogP contribution is 2.35. The summed E-state index contributed by atoms with van der Waals surface area (Å²) in [5, 5.41) is 10.5. The maximum Gasteiger partial charge on any atom is 0.255 e. The lowest BCUT2D eigenvalue weighted by Crippen LogP contribution is -2.57. The molecule has 39 heavy (non-hydrogen) atoms. The quantitative estimate of drug-likeness (QED) is 0.467. The van der Waals surface area contributed by atoms with E-state index in [2.05, 4.69) is 17.1 Å². The first kappa shape index (κ1) is 27.2. The molecule has 0 unspecified atom stereocenters. The summed E-state index contributed by atoms with van der Waals surface area (Å²) < 4.78 is 0. The van der Waals surface area contributed by atoms with Gasteiger partial charge in [-0.25, -0.2) is 4.98 Å². The monoisotopic (exact) mass is 545 g/mol. The number of likely N-dealkylation sites (tertiary alicyclic amines) is 1. The van der Waals surface area contributed by atoms with Crippen LogP contribution in [0.2, 0.25) is 0 Å². The largest absolute Gasteiger partial charge is 0.391 e. The Kier molecular flexibility index (Phi) is 7.44. The number of aromatic nitrogens is 1. The number of nitrogens with zero attached hydrogens (tertiary/aromatic N) is 3. The van der Waals surface area contributed by atoms with Crippen molar-refractivity contribution in [2.75, 3.05) is 6.54 Å². The second kappa shape index (κ2) is 10.7. The lowest BCUT2D eigenvalue weighted by Gasteiger charge is -2.40. The van der Waals surface area contributed by atoms with Gasteiger partial charge in [-0.1, -0.05) is 63.2 Å². The lowest BCUT2D eigenvalue weighted by atomic mass is 9.84. The van der Waals surface area contributed by atoms with E-state index >= 15 is 0 Å². The second-order valence-corrected chi connectivity index (χ2v) is 12.5. The van der Waals surface area contributed by atoms with Gasteiger partial charge in [0.2, 0.25) is 5.91 Å². The molecule has 7 nitrogen and oxygen atoms in total. The van der Waals surface area contributed by atoms with Gasteiger partial charge in [-0.05, 0) is 41.5 Å². The van der Waals surface area contributed by atoms with E-state index in [1.807, 2.05) is 63.5 Å². The summed E-state index contributed by atoms with van der Waals surface area (Å²) >= 11 is 1.61. The van der Waals surface area contributed by atoms with Crippen molar-refractivity contribution in [2.45, 2.75) is 71.7 Å². The molecule has 0 bridgehead atoms. The molecule has 1 aromatic heterocycles. The predicted octanol–water partition coefficient (Wildman–Crippen LogP) is 4.65. The Morgan fingerprint density at radius 1 is 1.13 bits per heavy atom. The van der Waals surface area contributed by atoms with Gasteiger partial charge in [0, 0.05) is 31.5 Å². The molecule has 2 amide bonds. The van der Waals surface area contributed by atoms with Crippen LogP contribution in [-0.2, 0) is 22.6 Å². The molecule has 3 aromatic rings. The number of ketones is 1. The van der Waals surface area contributed by atoms with Crippen molar-refractivity contribution in [2.24, 2.45) is 5.41 Å². The van der Waals surface area contributed by atoms with Crippen molar-refractivity contribution in [3.05, 3.63) is 76.4 Å². The normalized spacial score (nSPS) is 19.9. The number of thiazole rings is 1. The number of hydrogen-bond acceptors (Lipinski definition) is 6. The van der Waals surface area contributed by atoms with Gasteiger partial charge in [0.15, 0.2) is 5.78 Å². The van der Waals surface area contributed by atoms with Crippen LogP contribution < -0.4 is 0 Å². The first-order chi connectivity index (χ1) is 18.5. The van der Waals surface area contributed by atoms with Crippen molar-refractivity contribution in [3.8, 4) is 10.4 Å². The fourth-order valence-corrected chi connectivity index (χ4v) is 6.62. The van der Waals surface area contributed by atoms with Gasteiger partial charge in [-0.15, -0.1) is 11.3 Å². The van der Waals surface area contributed by atoms with Gasteiger partial charge in [0.25, 0.3) is 5.91 Å². The van der Waals surface area contributed by atoms with Crippen LogP contribution in [0.3, 0.4) is 0 Å². The van der Waals surface area contributed by atoms with Crippen LogP contribution in [0, 0.1) is 12.3 Å². The highest BCUT2D eigenvalue weighted by atomic mass is 32.1. The second-order valence-electron chi connectivity index (χ2n) is 11.7. The molecule has 0 saturated carbocycles. The number of aryl methyl sites for hydroxylation is 2. The maximum absolute atomic E-state index is 14.1. The molecule has 1 N–H and O–H groups in total. The molecule has 1 saturated heterocycles. The Bertz CT molecular complexity index is 1390. The third-order valence-corrected chi connectivity index (χ3v) is 8.75. The van der Waals surface area contributed by atoms with Crippen molar-refractivity contribution in [1.29, 1.82) is 0 Å². The Morgan fingerprint density at radius 2 is 1.85 bits per heavy atom. The Labute approximate surface area is 233 Å². The Morgan fingerprint density at radius 3 is 2.49 bits per heavy atom. The minimum absolute atomic E-state index is 0.0639.